The van der Waals surface area contributed by atoms with Crippen molar-refractivity contribution in [3.63, 3.8) is 0 Å². The van der Waals surface area contributed by atoms with Crippen molar-refractivity contribution in [2.75, 3.05) is 12.8 Å². The Bertz CT molecular complexity index is 491. The lowest BCUT2D eigenvalue weighted by Crippen LogP contribution is -2.43. The average Bonchev–Trinajstić information content (AvgIpc) is 2.26. The number of sulfone groups is 1. The zero-order valence-corrected chi connectivity index (χ0v) is 13.3. The van der Waals surface area contributed by atoms with Crippen molar-refractivity contribution in [2.24, 2.45) is 0 Å². The van der Waals surface area contributed by atoms with Crippen LogP contribution in [0.3, 0.4) is 0 Å². The molecule has 2 unspecified atom stereocenters. The Morgan fingerprint density at radius 1 is 1.44 bits per heavy atom. The monoisotopic (exact) mass is 334 g/mol. The van der Waals surface area contributed by atoms with Crippen molar-refractivity contribution in [3.05, 3.63) is 28.5 Å². The zero-order valence-electron chi connectivity index (χ0n) is 10.9. The highest BCUT2D eigenvalue weighted by molar-refractivity contribution is 9.10. The van der Waals surface area contributed by atoms with E-state index in [2.05, 4.69) is 26.2 Å². The number of pyridine rings is 1. The van der Waals surface area contributed by atoms with Gasteiger partial charge in [0, 0.05) is 29.2 Å². The van der Waals surface area contributed by atoms with Crippen molar-refractivity contribution in [3.8, 4) is 0 Å². The predicted octanol–water partition coefficient (Wildman–Crippen LogP) is 1.80. The van der Waals surface area contributed by atoms with E-state index in [9.17, 15) is 8.42 Å². The third-order valence-corrected chi connectivity index (χ3v) is 5.04. The van der Waals surface area contributed by atoms with Gasteiger partial charge in [0.2, 0.25) is 0 Å². The molecule has 0 fully saturated rings. The number of hydrogen-bond donors (Lipinski definition) is 1. The van der Waals surface area contributed by atoms with E-state index in [4.69, 9.17) is 0 Å². The maximum atomic E-state index is 11.6. The lowest BCUT2D eigenvalue weighted by Gasteiger charge is -2.23. The van der Waals surface area contributed by atoms with Gasteiger partial charge in [-0.2, -0.15) is 0 Å². The van der Waals surface area contributed by atoms with Crippen LogP contribution < -0.4 is 5.32 Å². The van der Waals surface area contributed by atoms with Crippen LogP contribution in [0.2, 0.25) is 0 Å². The molecule has 0 aromatic carbocycles. The standard InChI is InChI=1S/C12H19BrN2O2S/c1-4-15-12(9(2)18(3,16)17)6-10-5-11(13)8-14-7-10/h5,7-9,12,15H,4,6H2,1-3H3. The Hall–Kier alpha value is -0.460. The number of nitrogens with one attached hydrogen (secondary N) is 1. The van der Waals surface area contributed by atoms with E-state index >= 15 is 0 Å². The van der Waals surface area contributed by atoms with Gasteiger partial charge in [0.05, 0.1) is 5.25 Å². The van der Waals surface area contributed by atoms with Gasteiger partial charge in [0.25, 0.3) is 0 Å². The van der Waals surface area contributed by atoms with E-state index in [0.717, 1.165) is 16.6 Å². The van der Waals surface area contributed by atoms with Gasteiger partial charge in [-0.25, -0.2) is 8.42 Å². The smallest absolute Gasteiger partial charge is 0.151 e. The van der Waals surface area contributed by atoms with Crippen LogP contribution in [0.4, 0.5) is 0 Å². The van der Waals surface area contributed by atoms with Crippen LogP contribution in [0.5, 0.6) is 0 Å². The summed E-state index contributed by atoms with van der Waals surface area (Å²) in [6.07, 6.45) is 5.41. The third kappa shape index (κ3) is 4.66. The Morgan fingerprint density at radius 2 is 2.11 bits per heavy atom. The normalized spacial score (nSPS) is 15.3. The second-order valence-corrected chi connectivity index (χ2v) is 7.73. The first-order chi connectivity index (χ1) is 8.34. The molecule has 0 saturated heterocycles. The molecule has 0 aliphatic rings. The molecule has 1 aromatic rings. The van der Waals surface area contributed by atoms with Crippen molar-refractivity contribution < 1.29 is 8.42 Å². The molecule has 0 spiro atoms. The first kappa shape index (κ1) is 15.6. The van der Waals surface area contributed by atoms with E-state index in [1.165, 1.54) is 6.26 Å². The van der Waals surface area contributed by atoms with Crippen LogP contribution in [0, 0.1) is 0 Å². The topological polar surface area (TPSA) is 59.1 Å². The summed E-state index contributed by atoms with van der Waals surface area (Å²) < 4.78 is 24.2. The summed E-state index contributed by atoms with van der Waals surface area (Å²) in [7, 11) is -3.05. The van der Waals surface area contributed by atoms with Gasteiger partial charge < -0.3 is 5.32 Å². The minimum atomic E-state index is -3.05. The summed E-state index contributed by atoms with van der Waals surface area (Å²) in [5.74, 6) is 0. The predicted molar refractivity (Wildman–Crippen MR) is 77.4 cm³/mol. The maximum Gasteiger partial charge on any atom is 0.151 e. The lowest BCUT2D eigenvalue weighted by molar-refractivity contribution is 0.493. The molecule has 4 nitrogen and oxygen atoms in total. The van der Waals surface area contributed by atoms with Crippen LogP contribution in [0.1, 0.15) is 19.4 Å². The zero-order chi connectivity index (χ0) is 13.8. The molecule has 1 aromatic heterocycles. The summed E-state index contributed by atoms with van der Waals surface area (Å²) >= 11 is 3.37. The fraction of sp³-hybridized carbons (Fsp3) is 0.583. The summed E-state index contributed by atoms with van der Waals surface area (Å²) in [5.41, 5.74) is 1.02. The largest absolute Gasteiger partial charge is 0.313 e. The van der Waals surface area contributed by atoms with Crippen LogP contribution in [-0.2, 0) is 16.3 Å². The van der Waals surface area contributed by atoms with Crippen LogP contribution >= 0.6 is 15.9 Å². The molecule has 1 heterocycles. The van der Waals surface area contributed by atoms with Crippen molar-refractivity contribution >= 4 is 25.8 Å². The molecule has 0 saturated carbocycles. The summed E-state index contributed by atoms with van der Waals surface area (Å²) in [4.78, 5) is 4.09. The summed E-state index contributed by atoms with van der Waals surface area (Å²) in [6, 6.07) is 1.87. The molecule has 0 aliphatic carbocycles. The lowest BCUT2D eigenvalue weighted by atomic mass is 10.1. The molecule has 1 N–H and O–H groups in total. The molecule has 0 aliphatic heterocycles. The van der Waals surface area contributed by atoms with E-state index in [1.807, 2.05) is 13.0 Å². The quantitative estimate of drug-likeness (QED) is 0.861. The minimum Gasteiger partial charge on any atom is -0.313 e. The highest BCUT2D eigenvalue weighted by Gasteiger charge is 2.25. The van der Waals surface area contributed by atoms with E-state index in [1.54, 1.807) is 19.3 Å². The van der Waals surface area contributed by atoms with E-state index < -0.39 is 15.1 Å². The third-order valence-electron chi connectivity index (χ3n) is 2.93. The second kappa shape index (κ2) is 6.63. The van der Waals surface area contributed by atoms with Gasteiger partial charge in [-0.1, -0.05) is 6.92 Å². The first-order valence-corrected chi connectivity index (χ1v) is 8.61. The molecule has 1 rings (SSSR count). The second-order valence-electron chi connectivity index (χ2n) is 4.41. The fourth-order valence-corrected chi connectivity index (χ4v) is 2.99. The number of aromatic nitrogens is 1. The number of likely N-dealkylation sites (N-methyl/N-ethyl adjacent to an activating group) is 1. The molecule has 0 bridgehead atoms. The van der Waals surface area contributed by atoms with E-state index in [-0.39, 0.29) is 6.04 Å². The number of hydrogen-bond acceptors (Lipinski definition) is 4. The molecule has 2 atom stereocenters. The average molecular weight is 335 g/mol. The van der Waals surface area contributed by atoms with Gasteiger partial charge in [0.1, 0.15) is 0 Å². The number of rotatable bonds is 6. The van der Waals surface area contributed by atoms with Crippen molar-refractivity contribution in [2.45, 2.75) is 31.6 Å². The molecular weight excluding hydrogens is 316 g/mol. The van der Waals surface area contributed by atoms with Crippen LogP contribution in [0.25, 0.3) is 0 Å². The minimum absolute atomic E-state index is 0.0962. The molecule has 0 radical (unpaired) electrons. The van der Waals surface area contributed by atoms with Crippen LogP contribution in [0.15, 0.2) is 22.9 Å². The van der Waals surface area contributed by atoms with Crippen LogP contribution in [-0.4, -0.2) is 37.5 Å². The fourth-order valence-electron chi connectivity index (χ4n) is 1.79. The Kier molecular flexibility index (Phi) is 5.75. The van der Waals surface area contributed by atoms with Crippen molar-refractivity contribution in [1.82, 2.24) is 10.3 Å². The molecule has 18 heavy (non-hydrogen) atoms. The van der Waals surface area contributed by atoms with Gasteiger partial charge in [-0.15, -0.1) is 0 Å². The Balaban J connectivity index is 2.87. The van der Waals surface area contributed by atoms with Gasteiger partial charge in [0.15, 0.2) is 9.84 Å². The van der Waals surface area contributed by atoms with Gasteiger partial charge in [-0.3, -0.25) is 4.98 Å². The maximum absolute atomic E-state index is 11.6. The van der Waals surface area contributed by atoms with Gasteiger partial charge in [-0.05, 0) is 47.4 Å². The molecule has 6 heteroatoms. The number of nitrogens with zero attached hydrogens (tertiary/aromatic N) is 1. The summed E-state index contributed by atoms with van der Waals surface area (Å²) in [6.45, 7) is 4.46. The first-order valence-electron chi connectivity index (χ1n) is 5.86. The Morgan fingerprint density at radius 3 is 2.61 bits per heavy atom. The SMILES string of the molecule is CCNC(Cc1cncc(Br)c1)C(C)S(C)(=O)=O. The summed E-state index contributed by atoms with van der Waals surface area (Å²) in [5, 5.41) is 2.81. The molecule has 102 valence electrons. The van der Waals surface area contributed by atoms with Gasteiger partial charge >= 0.3 is 0 Å². The Labute approximate surface area is 117 Å². The highest BCUT2D eigenvalue weighted by atomic mass is 79.9. The highest BCUT2D eigenvalue weighted by Crippen LogP contribution is 2.14. The number of halogens is 1. The molecular formula is C12H19BrN2O2S. The molecule has 0 amide bonds. The van der Waals surface area contributed by atoms with E-state index in [0.29, 0.717) is 6.42 Å². The van der Waals surface area contributed by atoms with Crippen molar-refractivity contribution in [1.29, 1.82) is 0 Å².